The number of amides is 1. The average Bonchev–Trinajstić information content (AvgIpc) is 3.29. The van der Waals surface area contributed by atoms with E-state index >= 15 is 0 Å². The van der Waals surface area contributed by atoms with Crippen molar-refractivity contribution in [2.75, 3.05) is 5.32 Å². The molecule has 1 atom stereocenters. The number of anilines is 1. The van der Waals surface area contributed by atoms with Crippen molar-refractivity contribution in [1.82, 2.24) is 4.98 Å². The van der Waals surface area contributed by atoms with E-state index in [4.69, 9.17) is 9.15 Å². The lowest BCUT2D eigenvalue weighted by molar-refractivity contribution is -0.123. The van der Waals surface area contributed by atoms with Crippen LogP contribution in [0.25, 0.3) is 33.3 Å². The van der Waals surface area contributed by atoms with E-state index < -0.39 is 23.8 Å². The van der Waals surface area contributed by atoms with Gasteiger partial charge in [0.1, 0.15) is 11.3 Å². The van der Waals surface area contributed by atoms with E-state index in [0.29, 0.717) is 32.4 Å². The number of aromatic nitrogens is 1. The van der Waals surface area contributed by atoms with Gasteiger partial charge in [-0.2, -0.15) is 0 Å². The lowest BCUT2D eigenvalue weighted by Gasteiger charge is -2.15. The van der Waals surface area contributed by atoms with E-state index in [-0.39, 0.29) is 11.3 Å². The van der Waals surface area contributed by atoms with Crippen molar-refractivity contribution >= 4 is 55.4 Å². The van der Waals surface area contributed by atoms with Crippen LogP contribution in [0.15, 0.2) is 87.8 Å². The lowest BCUT2D eigenvalue weighted by Crippen LogP contribution is -2.30. The summed E-state index contributed by atoms with van der Waals surface area (Å²) in [5.41, 5.74) is 2.20. The van der Waals surface area contributed by atoms with Crippen LogP contribution in [0.2, 0.25) is 0 Å². The Kier molecular flexibility index (Phi) is 6.05. The van der Waals surface area contributed by atoms with Crippen LogP contribution >= 0.6 is 15.9 Å². The molecule has 5 aromatic rings. The Morgan fingerprint density at radius 2 is 1.80 bits per heavy atom. The number of fused-ring (bicyclic) bond motifs is 2. The summed E-state index contributed by atoms with van der Waals surface area (Å²) in [6.07, 6.45) is -1.17. The van der Waals surface area contributed by atoms with Crippen molar-refractivity contribution in [2.24, 2.45) is 0 Å². The van der Waals surface area contributed by atoms with Crippen molar-refractivity contribution in [3.05, 3.63) is 94.7 Å². The molecule has 174 valence electrons. The Balaban J connectivity index is 1.45. The number of nitrogens with zero attached hydrogens (tertiary/aromatic N) is 1. The largest absolute Gasteiger partial charge is 0.449 e. The quantitative estimate of drug-likeness (QED) is 0.253. The number of carbonyl (C=O) groups excluding carboxylic acids is 2. The second kappa shape index (κ2) is 9.31. The van der Waals surface area contributed by atoms with E-state index in [0.717, 1.165) is 5.39 Å². The van der Waals surface area contributed by atoms with Gasteiger partial charge >= 0.3 is 5.97 Å². The molecule has 0 saturated heterocycles. The molecule has 4 aromatic carbocycles. The number of hydrogen-bond donors (Lipinski definition) is 1. The van der Waals surface area contributed by atoms with Crippen LogP contribution in [-0.4, -0.2) is 23.0 Å². The lowest BCUT2D eigenvalue weighted by atomic mass is 9.99. The number of hydrogen-bond acceptors (Lipinski definition) is 5. The number of para-hydroxylation sites is 2. The Morgan fingerprint density at radius 3 is 2.57 bits per heavy atom. The normalized spacial score (nSPS) is 12.0. The smallest absolute Gasteiger partial charge is 0.339 e. The first-order chi connectivity index (χ1) is 16.9. The molecule has 1 aromatic heterocycles. The maximum absolute atomic E-state index is 14.1. The van der Waals surface area contributed by atoms with Gasteiger partial charge < -0.3 is 14.5 Å². The van der Waals surface area contributed by atoms with Gasteiger partial charge in [0.25, 0.3) is 5.91 Å². The molecule has 1 N–H and O–H groups in total. The highest BCUT2D eigenvalue weighted by molar-refractivity contribution is 9.10. The van der Waals surface area contributed by atoms with E-state index in [2.05, 4.69) is 26.2 Å². The molecule has 35 heavy (non-hydrogen) atoms. The fourth-order valence-corrected chi connectivity index (χ4v) is 4.11. The van der Waals surface area contributed by atoms with Crippen LogP contribution in [-0.2, 0) is 9.53 Å². The number of ether oxygens (including phenoxy) is 1. The molecular weight excluding hydrogens is 515 g/mol. The van der Waals surface area contributed by atoms with Crippen LogP contribution in [0.5, 0.6) is 0 Å². The van der Waals surface area contributed by atoms with E-state index in [1.54, 1.807) is 18.2 Å². The van der Waals surface area contributed by atoms with Gasteiger partial charge in [0.2, 0.25) is 5.89 Å². The monoisotopic (exact) mass is 532 g/mol. The highest BCUT2D eigenvalue weighted by atomic mass is 79.9. The van der Waals surface area contributed by atoms with Crippen LogP contribution < -0.4 is 5.32 Å². The molecule has 0 aliphatic rings. The number of rotatable bonds is 5. The molecular formula is C27H18BrFN2O4. The molecule has 0 fully saturated rings. The Morgan fingerprint density at radius 1 is 1.03 bits per heavy atom. The minimum Gasteiger partial charge on any atom is -0.449 e. The maximum atomic E-state index is 14.1. The second-order valence-corrected chi connectivity index (χ2v) is 8.77. The molecule has 0 saturated carbocycles. The van der Waals surface area contributed by atoms with Crippen molar-refractivity contribution in [2.45, 2.75) is 13.0 Å². The number of esters is 1. The summed E-state index contributed by atoms with van der Waals surface area (Å²) in [6, 6.07) is 22.4. The molecule has 6 nitrogen and oxygen atoms in total. The van der Waals surface area contributed by atoms with Crippen molar-refractivity contribution in [3.8, 4) is 11.5 Å². The van der Waals surface area contributed by atoms with E-state index in [9.17, 15) is 14.0 Å². The third-order valence-electron chi connectivity index (χ3n) is 5.49. The maximum Gasteiger partial charge on any atom is 0.339 e. The summed E-state index contributed by atoms with van der Waals surface area (Å²) in [5, 5.41) is 3.83. The van der Waals surface area contributed by atoms with Crippen LogP contribution in [0, 0.1) is 5.82 Å². The molecule has 0 aliphatic carbocycles. The van der Waals surface area contributed by atoms with Gasteiger partial charge in [0.05, 0.1) is 11.3 Å². The number of halogens is 2. The number of oxazole rings is 1. The summed E-state index contributed by atoms with van der Waals surface area (Å²) in [7, 11) is 0. The van der Waals surface area contributed by atoms with Gasteiger partial charge in [-0.05, 0) is 54.8 Å². The Labute approximate surface area is 207 Å². The first-order valence-corrected chi connectivity index (χ1v) is 11.5. The van der Waals surface area contributed by atoms with Gasteiger partial charge in [-0.1, -0.05) is 52.3 Å². The van der Waals surface area contributed by atoms with Crippen molar-refractivity contribution in [3.63, 3.8) is 0 Å². The average molecular weight is 533 g/mol. The first-order valence-electron chi connectivity index (χ1n) is 10.8. The minimum atomic E-state index is -1.17. The first kappa shape index (κ1) is 22.7. The fraction of sp³-hybridized carbons (Fsp3) is 0.0741. The van der Waals surface area contributed by atoms with Crippen molar-refractivity contribution in [1.29, 1.82) is 0 Å². The Hall–Kier alpha value is -4.04. The molecule has 0 aliphatic heterocycles. The topological polar surface area (TPSA) is 81.4 Å². The highest BCUT2D eigenvalue weighted by Crippen LogP contribution is 2.33. The third-order valence-corrected chi connectivity index (χ3v) is 5.98. The molecule has 5 rings (SSSR count). The summed E-state index contributed by atoms with van der Waals surface area (Å²) in [4.78, 5) is 30.3. The molecule has 0 spiro atoms. The molecule has 0 bridgehead atoms. The number of carbonyl (C=O) groups is 2. The predicted octanol–water partition coefficient (Wildman–Crippen LogP) is 6.73. The number of nitrogens with one attached hydrogen (secondary N) is 1. The van der Waals surface area contributed by atoms with Gasteiger partial charge in [0.15, 0.2) is 11.7 Å². The zero-order valence-electron chi connectivity index (χ0n) is 18.4. The molecule has 1 amide bonds. The summed E-state index contributed by atoms with van der Waals surface area (Å²) in [6.45, 7) is 1.43. The zero-order valence-corrected chi connectivity index (χ0v) is 20.0. The van der Waals surface area contributed by atoms with Gasteiger partial charge in [-0.3, -0.25) is 4.79 Å². The van der Waals surface area contributed by atoms with Crippen LogP contribution in [0.3, 0.4) is 0 Å². The van der Waals surface area contributed by atoms with Gasteiger partial charge in [-0.15, -0.1) is 0 Å². The van der Waals surface area contributed by atoms with Gasteiger partial charge in [0, 0.05) is 15.4 Å². The summed E-state index contributed by atoms with van der Waals surface area (Å²) >= 11 is 3.17. The third kappa shape index (κ3) is 4.52. The predicted molar refractivity (Wildman–Crippen MR) is 135 cm³/mol. The minimum absolute atomic E-state index is 0.00972. The summed E-state index contributed by atoms with van der Waals surface area (Å²) < 4.78 is 26.0. The zero-order chi connectivity index (χ0) is 24.5. The molecule has 0 radical (unpaired) electrons. The number of benzene rings is 4. The Bertz CT molecular complexity index is 1560. The van der Waals surface area contributed by atoms with Crippen LogP contribution in [0.1, 0.15) is 17.3 Å². The molecule has 8 heteroatoms. The second-order valence-electron chi connectivity index (χ2n) is 7.86. The van der Waals surface area contributed by atoms with E-state index in [1.165, 1.54) is 19.1 Å². The molecule has 1 heterocycles. The van der Waals surface area contributed by atoms with Gasteiger partial charge in [-0.25, -0.2) is 14.2 Å². The van der Waals surface area contributed by atoms with E-state index in [1.807, 2.05) is 48.5 Å². The van der Waals surface area contributed by atoms with Crippen molar-refractivity contribution < 1.29 is 23.1 Å². The highest BCUT2D eigenvalue weighted by Gasteiger charge is 2.23. The van der Waals surface area contributed by atoms with Crippen LogP contribution in [0.4, 0.5) is 10.1 Å². The SMILES string of the molecule is CC(OC(=O)c1cccc2cccc(-c3nc4ccccc4o3)c12)C(=O)Nc1ccc(Br)cc1F. The standard InChI is InChI=1S/C27H18BrFN2O4/c1-15(25(32)30-21-13-12-17(28)14-20(21)29)34-27(33)19-9-5-7-16-6-4-8-18(24(16)19)26-31-22-10-2-3-11-23(22)35-26/h2-15H,1H3,(H,30,32). The summed E-state index contributed by atoms with van der Waals surface area (Å²) in [5.74, 6) is -1.59. The molecule has 1 unspecified atom stereocenters. The fourth-order valence-electron chi connectivity index (χ4n) is 3.78.